The lowest BCUT2D eigenvalue weighted by atomic mass is 10.1. The minimum atomic E-state index is -0.626. The molecule has 12 nitrogen and oxygen atoms in total. The smallest absolute Gasteiger partial charge is 0.410 e. The summed E-state index contributed by atoms with van der Waals surface area (Å²) in [6.07, 6.45) is 3.05. The number of nitro benzene ring substituents is 1. The van der Waals surface area contributed by atoms with Crippen molar-refractivity contribution in [3.63, 3.8) is 0 Å². The van der Waals surface area contributed by atoms with Gasteiger partial charge in [-0.2, -0.15) is 16.9 Å². The Morgan fingerprint density at radius 3 is 2.44 bits per heavy atom. The first kappa shape index (κ1) is 26.5. The zero-order valence-electron chi connectivity index (χ0n) is 21.3. The molecule has 2 aliphatic rings. The zero-order chi connectivity index (χ0) is 27.4. The van der Waals surface area contributed by atoms with Gasteiger partial charge >= 0.3 is 6.09 Å². The number of methoxy groups -OCH3 is 1. The van der Waals surface area contributed by atoms with Crippen molar-refractivity contribution in [2.45, 2.75) is 36.1 Å². The van der Waals surface area contributed by atoms with Crippen LogP contribution in [0.4, 0.5) is 10.5 Å². The SMILES string of the molecule is COc1ccc(CS[C@H]2C[C@@H](C(=O)N3CC(n4cncn4)C3)N(C(=O)OCc3ccc([N+](=O)[O-])cc3)C2)cc1. The minimum Gasteiger partial charge on any atom is -0.497 e. The molecule has 2 aliphatic heterocycles. The average molecular weight is 553 g/mol. The number of benzene rings is 2. The first-order valence-corrected chi connectivity index (χ1v) is 13.5. The maximum atomic E-state index is 13.5. The third-order valence-corrected chi connectivity index (χ3v) is 8.23. The number of thioether (sulfide) groups is 1. The molecule has 0 aliphatic carbocycles. The summed E-state index contributed by atoms with van der Waals surface area (Å²) in [6, 6.07) is 13.1. The molecule has 2 saturated heterocycles. The summed E-state index contributed by atoms with van der Waals surface area (Å²) in [7, 11) is 1.63. The molecule has 204 valence electrons. The normalized spacial score (nSPS) is 19.0. The number of aromatic nitrogens is 3. The second-order valence-corrected chi connectivity index (χ2v) is 10.7. The number of non-ortho nitro benzene ring substituents is 1. The number of carbonyl (C=O) groups is 2. The van der Waals surface area contributed by atoms with Crippen molar-refractivity contribution in [3.05, 3.63) is 82.4 Å². The summed E-state index contributed by atoms with van der Waals surface area (Å²) in [4.78, 5) is 44.3. The monoisotopic (exact) mass is 552 g/mol. The quantitative estimate of drug-likeness (QED) is 0.290. The summed E-state index contributed by atoms with van der Waals surface area (Å²) in [5.74, 6) is 1.42. The Morgan fingerprint density at radius 2 is 1.79 bits per heavy atom. The number of ether oxygens (including phenoxy) is 2. The second kappa shape index (κ2) is 11.7. The molecule has 2 amide bonds. The van der Waals surface area contributed by atoms with E-state index in [0.717, 1.165) is 17.1 Å². The van der Waals surface area contributed by atoms with E-state index in [0.29, 0.717) is 31.6 Å². The molecule has 5 rings (SSSR count). The van der Waals surface area contributed by atoms with Gasteiger partial charge in [-0.1, -0.05) is 12.1 Å². The number of amides is 2. The molecule has 3 aromatic rings. The third kappa shape index (κ3) is 6.14. The van der Waals surface area contributed by atoms with Gasteiger partial charge in [0.25, 0.3) is 5.69 Å². The van der Waals surface area contributed by atoms with Crippen LogP contribution in [0.25, 0.3) is 0 Å². The van der Waals surface area contributed by atoms with Crippen LogP contribution >= 0.6 is 11.8 Å². The van der Waals surface area contributed by atoms with E-state index in [-0.39, 0.29) is 29.5 Å². The van der Waals surface area contributed by atoms with Crippen LogP contribution in [0, 0.1) is 10.1 Å². The molecule has 0 bridgehead atoms. The molecule has 3 heterocycles. The Labute approximate surface area is 229 Å². The highest BCUT2D eigenvalue weighted by atomic mass is 32.2. The molecule has 0 N–H and O–H groups in total. The van der Waals surface area contributed by atoms with Crippen molar-refractivity contribution in [1.29, 1.82) is 0 Å². The topological polar surface area (TPSA) is 133 Å². The average Bonchev–Trinajstić information content (AvgIpc) is 3.61. The fourth-order valence-electron chi connectivity index (χ4n) is 4.65. The van der Waals surface area contributed by atoms with Gasteiger partial charge < -0.3 is 14.4 Å². The van der Waals surface area contributed by atoms with Crippen molar-refractivity contribution in [3.8, 4) is 5.75 Å². The Balaban J connectivity index is 1.22. The van der Waals surface area contributed by atoms with Crippen LogP contribution < -0.4 is 4.74 Å². The zero-order valence-corrected chi connectivity index (χ0v) is 22.1. The lowest BCUT2D eigenvalue weighted by Gasteiger charge is -2.41. The first-order chi connectivity index (χ1) is 18.9. The lowest BCUT2D eigenvalue weighted by Crippen LogP contribution is -2.56. The summed E-state index contributed by atoms with van der Waals surface area (Å²) in [5, 5.41) is 15.1. The van der Waals surface area contributed by atoms with Gasteiger partial charge in [0, 0.05) is 42.8 Å². The number of carbonyl (C=O) groups excluding carboxylic acids is 2. The highest BCUT2D eigenvalue weighted by Gasteiger charge is 2.45. The molecule has 2 atom stereocenters. The Hall–Kier alpha value is -4.13. The molecule has 0 radical (unpaired) electrons. The molecule has 2 aromatic carbocycles. The fourth-order valence-corrected chi connectivity index (χ4v) is 5.86. The van der Waals surface area contributed by atoms with Crippen LogP contribution in [0.15, 0.2) is 61.2 Å². The summed E-state index contributed by atoms with van der Waals surface area (Å²) in [6.45, 7) is 1.36. The maximum Gasteiger partial charge on any atom is 0.410 e. The number of rotatable bonds is 9. The Morgan fingerprint density at radius 1 is 1.08 bits per heavy atom. The first-order valence-electron chi connectivity index (χ1n) is 12.5. The predicted octanol–water partition coefficient (Wildman–Crippen LogP) is 3.29. The number of nitrogens with zero attached hydrogens (tertiary/aromatic N) is 6. The number of hydrogen-bond acceptors (Lipinski definition) is 9. The van der Waals surface area contributed by atoms with E-state index < -0.39 is 17.1 Å². The molecule has 39 heavy (non-hydrogen) atoms. The van der Waals surface area contributed by atoms with Crippen molar-refractivity contribution in [1.82, 2.24) is 24.6 Å². The molecule has 0 unspecified atom stereocenters. The summed E-state index contributed by atoms with van der Waals surface area (Å²) < 4.78 is 12.5. The van der Waals surface area contributed by atoms with E-state index in [9.17, 15) is 19.7 Å². The van der Waals surface area contributed by atoms with Gasteiger partial charge in [0.2, 0.25) is 5.91 Å². The van der Waals surface area contributed by atoms with E-state index in [1.807, 2.05) is 24.3 Å². The van der Waals surface area contributed by atoms with Crippen LogP contribution in [-0.4, -0.2) is 79.5 Å². The predicted molar refractivity (Wildman–Crippen MR) is 142 cm³/mol. The van der Waals surface area contributed by atoms with Crippen molar-refractivity contribution < 1.29 is 24.0 Å². The summed E-state index contributed by atoms with van der Waals surface area (Å²) in [5.41, 5.74) is 1.71. The van der Waals surface area contributed by atoms with Crippen molar-refractivity contribution in [2.24, 2.45) is 0 Å². The lowest BCUT2D eigenvalue weighted by molar-refractivity contribution is -0.384. The summed E-state index contributed by atoms with van der Waals surface area (Å²) >= 11 is 1.70. The Bertz CT molecular complexity index is 1300. The fraction of sp³-hybridized carbons (Fsp3) is 0.385. The standard InChI is InChI=1S/C26H28N6O6S/c1-37-22-8-4-19(5-9-22)15-39-23-10-24(25(33)29-11-21(12-29)31-17-27-16-28-31)30(13-23)26(34)38-14-18-2-6-20(7-3-18)32(35)36/h2-9,16-17,21,23-24H,10-15H2,1H3/t23-,24-/m0/s1. The molecule has 13 heteroatoms. The molecular formula is C26H28N6O6S. The van der Waals surface area contributed by atoms with E-state index >= 15 is 0 Å². The largest absolute Gasteiger partial charge is 0.497 e. The van der Waals surface area contributed by atoms with E-state index in [1.54, 1.807) is 46.9 Å². The molecule has 0 saturated carbocycles. The molecule has 1 aromatic heterocycles. The molecule has 2 fully saturated rings. The van der Waals surface area contributed by atoms with E-state index in [1.165, 1.54) is 23.4 Å². The van der Waals surface area contributed by atoms with Crippen molar-refractivity contribution >= 4 is 29.4 Å². The van der Waals surface area contributed by atoms with Gasteiger partial charge in [-0.3, -0.25) is 19.8 Å². The van der Waals surface area contributed by atoms with Gasteiger partial charge in [-0.15, -0.1) is 0 Å². The van der Waals surface area contributed by atoms with Crippen molar-refractivity contribution in [2.75, 3.05) is 26.7 Å². The van der Waals surface area contributed by atoms with Crippen LogP contribution in [-0.2, 0) is 21.9 Å². The highest BCUT2D eigenvalue weighted by molar-refractivity contribution is 7.99. The molecular weight excluding hydrogens is 524 g/mol. The maximum absolute atomic E-state index is 13.5. The van der Waals surface area contributed by atoms with Gasteiger partial charge in [-0.05, 0) is 41.8 Å². The van der Waals surface area contributed by atoms with Gasteiger partial charge in [-0.25, -0.2) is 14.5 Å². The van der Waals surface area contributed by atoms with Crippen LogP contribution in [0.2, 0.25) is 0 Å². The van der Waals surface area contributed by atoms with Crippen LogP contribution in [0.5, 0.6) is 5.75 Å². The van der Waals surface area contributed by atoms with E-state index in [2.05, 4.69) is 10.1 Å². The minimum absolute atomic E-state index is 0.0363. The van der Waals surface area contributed by atoms with E-state index in [4.69, 9.17) is 9.47 Å². The third-order valence-electron chi connectivity index (χ3n) is 6.92. The number of nitro groups is 1. The Kier molecular flexibility index (Phi) is 7.96. The van der Waals surface area contributed by atoms with Crippen LogP contribution in [0.3, 0.4) is 0 Å². The highest BCUT2D eigenvalue weighted by Crippen LogP contribution is 2.33. The van der Waals surface area contributed by atoms with Gasteiger partial charge in [0.05, 0.1) is 18.1 Å². The van der Waals surface area contributed by atoms with Gasteiger partial charge in [0.15, 0.2) is 0 Å². The number of hydrogen-bond donors (Lipinski definition) is 0. The number of likely N-dealkylation sites (tertiary alicyclic amines) is 2. The van der Waals surface area contributed by atoms with Gasteiger partial charge in [0.1, 0.15) is 31.1 Å². The molecule has 0 spiro atoms. The second-order valence-electron chi connectivity index (χ2n) is 9.44. The van der Waals surface area contributed by atoms with Crippen LogP contribution in [0.1, 0.15) is 23.6 Å².